The van der Waals surface area contributed by atoms with Crippen molar-refractivity contribution in [3.63, 3.8) is 0 Å². The number of hydrogen-bond donors (Lipinski definition) is 1. The second kappa shape index (κ2) is 11.9. The van der Waals surface area contributed by atoms with E-state index in [1.54, 1.807) is 36.4 Å². The molecule has 1 N–H and O–H groups in total. The van der Waals surface area contributed by atoms with Crippen LogP contribution in [0.1, 0.15) is 46.4 Å². The summed E-state index contributed by atoms with van der Waals surface area (Å²) in [6, 6.07) is 15.4. The molecule has 34 heavy (non-hydrogen) atoms. The van der Waals surface area contributed by atoms with E-state index in [1.165, 1.54) is 31.4 Å². The van der Waals surface area contributed by atoms with E-state index in [4.69, 9.17) is 18.9 Å². The summed E-state index contributed by atoms with van der Waals surface area (Å²) in [6.07, 6.45) is -2.33. The van der Waals surface area contributed by atoms with Gasteiger partial charge in [0.25, 0.3) is 0 Å². The van der Waals surface area contributed by atoms with Crippen LogP contribution in [0, 0.1) is 0 Å². The van der Waals surface area contributed by atoms with Crippen LogP contribution < -0.4 is 0 Å². The molecule has 2 aromatic carbocycles. The lowest BCUT2D eigenvalue weighted by Crippen LogP contribution is -2.48. The molecule has 0 radical (unpaired) electrons. The zero-order valence-electron chi connectivity index (χ0n) is 18.6. The molecule has 1 aliphatic carbocycles. The third-order valence-electron chi connectivity index (χ3n) is 5.45. The third-order valence-corrected chi connectivity index (χ3v) is 5.45. The lowest BCUT2D eigenvalue weighted by molar-refractivity contribution is -0.180. The van der Waals surface area contributed by atoms with Crippen molar-refractivity contribution in [1.82, 2.24) is 0 Å². The lowest BCUT2D eigenvalue weighted by Gasteiger charge is -2.31. The Labute approximate surface area is 196 Å². The molecule has 4 atom stereocenters. The second-order valence-corrected chi connectivity index (χ2v) is 7.76. The van der Waals surface area contributed by atoms with Gasteiger partial charge >= 0.3 is 23.9 Å². The Balaban J connectivity index is 1.86. The number of methoxy groups -OCH3 is 1. The molecule has 2 aromatic rings. The average molecular weight is 470 g/mol. The molecule has 1 fully saturated rings. The Kier molecular flexibility index (Phi) is 8.75. The highest BCUT2D eigenvalue weighted by Crippen LogP contribution is 2.25. The minimum Gasteiger partial charge on any atom is -0.478 e. The SMILES string of the molecule is COC1CCCC[C@H]1OC(=O)[C@H](OC(=O)c1ccccc1)[C@@H](OC(=O)c1ccccc1)C(=O)O. The summed E-state index contributed by atoms with van der Waals surface area (Å²) in [4.78, 5) is 50.3. The summed E-state index contributed by atoms with van der Waals surface area (Å²) in [6.45, 7) is 0. The van der Waals surface area contributed by atoms with E-state index in [1.807, 2.05) is 0 Å². The first-order valence-electron chi connectivity index (χ1n) is 10.9. The maximum absolute atomic E-state index is 13.1. The highest BCUT2D eigenvalue weighted by molar-refractivity contribution is 5.95. The maximum atomic E-state index is 13.1. The van der Waals surface area contributed by atoms with E-state index in [2.05, 4.69) is 0 Å². The molecule has 180 valence electrons. The fraction of sp³-hybridized carbons (Fsp3) is 0.360. The number of carbonyl (C=O) groups is 4. The topological polar surface area (TPSA) is 125 Å². The van der Waals surface area contributed by atoms with E-state index in [0.717, 1.165) is 12.8 Å². The summed E-state index contributed by atoms with van der Waals surface area (Å²) in [5.74, 6) is -4.75. The molecule has 0 heterocycles. The number of ether oxygens (including phenoxy) is 4. The number of benzene rings is 2. The van der Waals surface area contributed by atoms with E-state index in [9.17, 15) is 24.3 Å². The Morgan fingerprint density at radius 1 is 0.765 bits per heavy atom. The van der Waals surface area contributed by atoms with Gasteiger partial charge in [-0.1, -0.05) is 42.8 Å². The number of hydrogen-bond acceptors (Lipinski definition) is 8. The predicted molar refractivity (Wildman–Crippen MR) is 118 cm³/mol. The Hall–Kier alpha value is -3.72. The molecule has 0 aromatic heterocycles. The molecule has 0 bridgehead atoms. The Morgan fingerprint density at radius 3 is 1.71 bits per heavy atom. The van der Waals surface area contributed by atoms with Gasteiger partial charge in [-0.05, 0) is 43.5 Å². The fourth-order valence-electron chi connectivity index (χ4n) is 3.67. The van der Waals surface area contributed by atoms with Crippen LogP contribution in [-0.4, -0.2) is 60.5 Å². The average Bonchev–Trinajstić information content (AvgIpc) is 2.87. The van der Waals surface area contributed by atoms with Crippen LogP contribution in [0.5, 0.6) is 0 Å². The van der Waals surface area contributed by atoms with Crippen molar-refractivity contribution < 1.29 is 43.2 Å². The number of esters is 3. The van der Waals surface area contributed by atoms with Crippen LogP contribution in [0.4, 0.5) is 0 Å². The van der Waals surface area contributed by atoms with Crippen molar-refractivity contribution in [1.29, 1.82) is 0 Å². The van der Waals surface area contributed by atoms with Gasteiger partial charge in [-0.3, -0.25) is 0 Å². The van der Waals surface area contributed by atoms with Crippen LogP contribution in [0.2, 0.25) is 0 Å². The van der Waals surface area contributed by atoms with Gasteiger partial charge in [-0.2, -0.15) is 0 Å². The first-order valence-corrected chi connectivity index (χ1v) is 10.9. The zero-order valence-corrected chi connectivity index (χ0v) is 18.6. The quantitative estimate of drug-likeness (QED) is 0.435. The lowest BCUT2D eigenvalue weighted by atomic mass is 9.94. The molecular formula is C25H26O9. The van der Waals surface area contributed by atoms with Crippen molar-refractivity contribution in [2.24, 2.45) is 0 Å². The molecule has 1 saturated carbocycles. The highest BCUT2D eigenvalue weighted by Gasteiger charge is 2.43. The van der Waals surface area contributed by atoms with Crippen molar-refractivity contribution >= 4 is 23.9 Å². The number of aliphatic carboxylic acids is 1. The molecule has 1 aliphatic rings. The molecule has 0 aliphatic heterocycles. The summed E-state index contributed by atoms with van der Waals surface area (Å²) >= 11 is 0. The number of carboxylic acid groups (broad SMARTS) is 1. The molecule has 0 amide bonds. The largest absolute Gasteiger partial charge is 0.478 e. The fourth-order valence-corrected chi connectivity index (χ4v) is 3.67. The van der Waals surface area contributed by atoms with E-state index in [0.29, 0.717) is 12.8 Å². The van der Waals surface area contributed by atoms with Gasteiger partial charge in [0.1, 0.15) is 6.10 Å². The van der Waals surface area contributed by atoms with Gasteiger partial charge in [0.15, 0.2) is 0 Å². The van der Waals surface area contributed by atoms with E-state index >= 15 is 0 Å². The summed E-state index contributed by atoms with van der Waals surface area (Å²) in [7, 11) is 1.49. The molecule has 0 saturated heterocycles. The monoisotopic (exact) mass is 470 g/mol. The smallest absolute Gasteiger partial charge is 0.352 e. The highest BCUT2D eigenvalue weighted by atomic mass is 16.6. The van der Waals surface area contributed by atoms with E-state index < -0.39 is 42.2 Å². The molecular weight excluding hydrogens is 444 g/mol. The van der Waals surface area contributed by atoms with Gasteiger partial charge in [-0.25, -0.2) is 19.2 Å². The molecule has 0 spiro atoms. The minimum absolute atomic E-state index is 0.0713. The van der Waals surface area contributed by atoms with Crippen LogP contribution in [0.15, 0.2) is 60.7 Å². The Morgan fingerprint density at radius 2 is 1.24 bits per heavy atom. The third kappa shape index (κ3) is 6.41. The van der Waals surface area contributed by atoms with Crippen molar-refractivity contribution in [3.05, 3.63) is 71.8 Å². The first-order chi connectivity index (χ1) is 16.4. The van der Waals surface area contributed by atoms with Gasteiger partial charge in [0.2, 0.25) is 12.2 Å². The van der Waals surface area contributed by atoms with Gasteiger partial charge < -0.3 is 24.1 Å². The first kappa shape index (κ1) is 24.9. The molecule has 1 unspecified atom stereocenters. The second-order valence-electron chi connectivity index (χ2n) is 7.76. The minimum atomic E-state index is -2.13. The predicted octanol–water partition coefficient (Wildman–Crippen LogP) is 3.02. The molecule has 3 rings (SSSR count). The van der Waals surface area contributed by atoms with Crippen LogP contribution >= 0.6 is 0 Å². The van der Waals surface area contributed by atoms with Gasteiger partial charge in [0.05, 0.1) is 17.2 Å². The standard InChI is InChI=1S/C25H26O9/c1-31-18-14-8-9-15-19(18)32-25(30)21(34-24(29)17-12-6-3-7-13-17)20(22(26)27)33-23(28)16-10-4-2-5-11-16/h2-7,10-13,18-21H,8-9,14-15H2,1H3,(H,26,27)/t18?,19-,20-,21-/m1/s1. The number of carbonyl (C=O) groups excluding carboxylic acids is 3. The molecule has 9 nitrogen and oxygen atoms in total. The van der Waals surface area contributed by atoms with E-state index in [-0.39, 0.29) is 17.2 Å². The van der Waals surface area contributed by atoms with Crippen molar-refractivity contribution in [3.8, 4) is 0 Å². The van der Waals surface area contributed by atoms with Crippen LogP contribution in [-0.2, 0) is 28.5 Å². The summed E-state index contributed by atoms with van der Waals surface area (Å²) in [5.41, 5.74) is 0.160. The van der Waals surface area contributed by atoms with Crippen LogP contribution in [0.25, 0.3) is 0 Å². The maximum Gasteiger partial charge on any atom is 0.352 e. The number of rotatable bonds is 9. The molecule has 9 heteroatoms. The zero-order chi connectivity index (χ0) is 24.5. The van der Waals surface area contributed by atoms with Crippen molar-refractivity contribution in [2.45, 2.75) is 50.1 Å². The van der Waals surface area contributed by atoms with Gasteiger partial charge in [0, 0.05) is 7.11 Å². The normalized spacial score (nSPS) is 19.3. The Bertz CT molecular complexity index is 990. The van der Waals surface area contributed by atoms with Gasteiger partial charge in [-0.15, -0.1) is 0 Å². The van der Waals surface area contributed by atoms with Crippen LogP contribution in [0.3, 0.4) is 0 Å². The summed E-state index contributed by atoms with van der Waals surface area (Å²) < 4.78 is 21.3. The van der Waals surface area contributed by atoms with Crippen molar-refractivity contribution in [2.75, 3.05) is 7.11 Å². The summed E-state index contributed by atoms with van der Waals surface area (Å²) in [5, 5.41) is 9.77. The number of carboxylic acids is 1.